The summed E-state index contributed by atoms with van der Waals surface area (Å²) in [6.07, 6.45) is -3.22. The van der Waals surface area contributed by atoms with E-state index in [0.29, 0.717) is 0 Å². The summed E-state index contributed by atoms with van der Waals surface area (Å²) in [5, 5.41) is 16.9. The Morgan fingerprint density at radius 2 is 2.11 bits per heavy atom. The molecule has 4 N–H and O–H groups in total. The zero-order chi connectivity index (χ0) is 7.44. The molecule has 0 saturated heterocycles. The zero-order valence-corrected chi connectivity index (χ0v) is 4.94. The Kier molecular flexibility index (Phi) is 3.15. The lowest BCUT2D eigenvalue weighted by Crippen LogP contribution is -2.40. The molecule has 0 radical (unpaired) electrons. The molecule has 0 aliphatic heterocycles. The number of hydrogen-bond acceptors (Lipinski definition) is 5. The van der Waals surface area contributed by atoms with Gasteiger partial charge in [0.15, 0.2) is 6.10 Å². The Hall–Kier alpha value is -0.650. The fourth-order valence-electron chi connectivity index (χ4n) is 0.260. The van der Waals surface area contributed by atoms with Crippen molar-refractivity contribution in [2.24, 2.45) is 5.73 Å². The van der Waals surface area contributed by atoms with Crippen LogP contribution < -0.4 is 5.73 Å². The van der Waals surface area contributed by atoms with E-state index in [0.717, 1.165) is 7.11 Å². The third-order valence-electron chi connectivity index (χ3n) is 0.766. The van der Waals surface area contributed by atoms with Gasteiger partial charge in [0.1, 0.15) is 6.23 Å². The van der Waals surface area contributed by atoms with Crippen LogP contribution in [0.25, 0.3) is 0 Å². The maximum absolute atomic E-state index is 10.2. The number of carbonyl (C=O) groups is 1. The second-order valence-electron chi connectivity index (χ2n) is 1.46. The molecule has 0 aliphatic rings. The van der Waals surface area contributed by atoms with E-state index in [1.54, 1.807) is 0 Å². The third kappa shape index (κ3) is 2.41. The van der Waals surface area contributed by atoms with E-state index < -0.39 is 18.3 Å². The van der Waals surface area contributed by atoms with Crippen molar-refractivity contribution in [1.82, 2.24) is 0 Å². The number of carbonyl (C=O) groups excluding carboxylic acids is 1. The molecule has 0 aromatic heterocycles. The van der Waals surface area contributed by atoms with E-state index in [4.69, 9.17) is 15.9 Å². The predicted molar refractivity (Wildman–Crippen MR) is 28.2 cm³/mol. The number of aliphatic hydroxyl groups excluding tert-OH is 2. The summed E-state index contributed by atoms with van der Waals surface area (Å²) in [5.74, 6) is -0.940. The van der Waals surface area contributed by atoms with E-state index in [-0.39, 0.29) is 0 Å². The average Bonchev–Trinajstić information content (AvgIpc) is 1.84. The van der Waals surface area contributed by atoms with Gasteiger partial charge in [0, 0.05) is 0 Å². The van der Waals surface area contributed by atoms with E-state index in [1.807, 2.05) is 0 Å². The first-order valence-electron chi connectivity index (χ1n) is 2.29. The summed E-state index contributed by atoms with van der Waals surface area (Å²) < 4.78 is 4.04. The van der Waals surface area contributed by atoms with Gasteiger partial charge in [-0.1, -0.05) is 0 Å². The molecule has 0 bridgehead atoms. The normalized spacial score (nSPS) is 16.4. The highest BCUT2D eigenvalue weighted by Gasteiger charge is 2.20. The quantitative estimate of drug-likeness (QED) is 0.295. The van der Waals surface area contributed by atoms with Crippen LogP contribution in [-0.4, -0.2) is 35.6 Å². The molecule has 2 atom stereocenters. The van der Waals surface area contributed by atoms with E-state index in [2.05, 4.69) is 4.74 Å². The molecular weight excluding hydrogens is 126 g/mol. The van der Waals surface area contributed by atoms with Gasteiger partial charge < -0.3 is 20.7 Å². The van der Waals surface area contributed by atoms with Crippen molar-refractivity contribution in [2.75, 3.05) is 7.11 Å². The van der Waals surface area contributed by atoms with Gasteiger partial charge in [-0.2, -0.15) is 0 Å². The number of hydrogen-bond donors (Lipinski definition) is 3. The standard InChI is InChI=1S/C4H9NO4/c1-9-4(8)2(6)3(5)7/h2-3,6-7H,5H2,1H3/t2-,3-/m1/s1. The minimum absolute atomic E-state index is 0.940. The van der Waals surface area contributed by atoms with Crippen molar-refractivity contribution in [2.45, 2.75) is 12.3 Å². The molecular formula is C4H9NO4. The second kappa shape index (κ2) is 3.39. The Morgan fingerprint density at radius 3 is 2.22 bits per heavy atom. The van der Waals surface area contributed by atoms with Gasteiger partial charge in [0.25, 0.3) is 0 Å². The van der Waals surface area contributed by atoms with E-state index >= 15 is 0 Å². The largest absolute Gasteiger partial charge is 0.467 e. The summed E-state index contributed by atoms with van der Waals surface area (Å²) in [5.41, 5.74) is 4.72. The van der Waals surface area contributed by atoms with E-state index in [9.17, 15) is 4.79 Å². The first kappa shape index (κ1) is 8.35. The van der Waals surface area contributed by atoms with E-state index in [1.165, 1.54) is 0 Å². The summed E-state index contributed by atoms with van der Waals surface area (Å²) in [7, 11) is 1.09. The molecule has 0 unspecified atom stereocenters. The van der Waals surface area contributed by atoms with Gasteiger partial charge in [0.05, 0.1) is 7.11 Å². The van der Waals surface area contributed by atoms with Crippen LogP contribution in [0.2, 0.25) is 0 Å². The van der Waals surface area contributed by atoms with Gasteiger partial charge in [-0.05, 0) is 0 Å². The lowest BCUT2D eigenvalue weighted by molar-refractivity contribution is -0.156. The molecule has 0 aliphatic carbocycles. The van der Waals surface area contributed by atoms with Gasteiger partial charge in [0.2, 0.25) is 0 Å². The van der Waals surface area contributed by atoms with Crippen molar-refractivity contribution >= 4 is 5.97 Å². The first-order valence-corrected chi connectivity index (χ1v) is 2.29. The Labute approximate surface area is 52.0 Å². The van der Waals surface area contributed by atoms with Gasteiger partial charge in [-0.25, -0.2) is 4.79 Å². The molecule has 0 aromatic rings. The molecule has 0 spiro atoms. The first-order chi connectivity index (χ1) is 4.09. The number of methoxy groups -OCH3 is 1. The molecule has 0 heterocycles. The minimum atomic E-state index is -1.64. The fraction of sp³-hybridized carbons (Fsp3) is 0.750. The molecule has 9 heavy (non-hydrogen) atoms. The number of ether oxygens (including phenoxy) is 1. The summed E-state index contributed by atoms with van der Waals surface area (Å²) in [4.78, 5) is 10.2. The lowest BCUT2D eigenvalue weighted by atomic mass is 10.3. The number of rotatable bonds is 2. The van der Waals surface area contributed by atoms with Crippen LogP contribution in [0, 0.1) is 0 Å². The lowest BCUT2D eigenvalue weighted by Gasteiger charge is -2.09. The van der Waals surface area contributed by atoms with Crippen molar-refractivity contribution in [3.05, 3.63) is 0 Å². The highest BCUT2D eigenvalue weighted by molar-refractivity contribution is 5.74. The second-order valence-corrected chi connectivity index (χ2v) is 1.46. The molecule has 0 amide bonds. The van der Waals surface area contributed by atoms with Crippen LogP contribution in [0.15, 0.2) is 0 Å². The van der Waals surface area contributed by atoms with Gasteiger partial charge >= 0.3 is 5.97 Å². The van der Waals surface area contributed by atoms with Crippen LogP contribution in [0.5, 0.6) is 0 Å². The Bertz CT molecular complexity index is 103. The minimum Gasteiger partial charge on any atom is -0.467 e. The third-order valence-corrected chi connectivity index (χ3v) is 0.766. The maximum atomic E-state index is 10.2. The van der Waals surface area contributed by atoms with Gasteiger partial charge in [-0.15, -0.1) is 0 Å². The highest BCUT2D eigenvalue weighted by atomic mass is 16.5. The van der Waals surface area contributed by atoms with Crippen molar-refractivity contribution in [3.8, 4) is 0 Å². The smallest absolute Gasteiger partial charge is 0.338 e. The monoisotopic (exact) mass is 135 g/mol. The van der Waals surface area contributed by atoms with Gasteiger partial charge in [-0.3, -0.25) is 0 Å². The molecule has 5 heteroatoms. The molecule has 0 saturated carbocycles. The number of aliphatic hydroxyl groups is 2. The molecule has 0 fully saturated rings. The average molecular weight is 135 g/mol. The van der Waals surface area contributed by atoms with Crippen LogP contribution >= 0.6 is 0 Å². The maximum Gasteiger partial charge on any atom is 0.338 e. The summed E-state index contributed by atoms with van der Waals surface area (Å²) in [6.45, 7) is 0. The zero-order valence-electron chi connectivity index (χ0n) is 4.94. The summed E-state index contributed by atoms with van der Waals surface area (Å²) >= 11 is 0. The Morgan fingerprint density at radius 1 is 1.67 bits per heavy atom. The van der Waals surface area contributed by atoms with Crippen molar-refractivity contribution in [1.29, 1.82) is 0 Å². The Balaban J connectivity index is 3.72. The fourth-order valence-corrected chi connectivity index (χ4v) is 0.260. The predicted octanol–water partition coefficient (Wildman–Crippen LogP) is -2.20. The van der Waals surface area contributed by atoms with Crippen LogP contribution in [-0.2, 0) is 9.53 Å². The highest BCUT2D eigenvalue weighted by Crippen LogP contribution is 1.87. The molecule has 0 aromatic carbocycles. The van der Waals surface area contributed by atoms with Crippen molar-refractivity contribution in [3.63, 3.8) is 0 Å². The summed E-state index contributed by atoms with van der Waals surface area (Å²) in [6, 6.07) is 0. The SMILES string of the molecule is COC(=O)[C@H](O)[C@H](N)O. The van der Waals surface area contributed by atoms with Crippen LogP contribution in [0.4, 0.5) is 0 Å². The molecule has 54 valence electrons. The van der Waals surface area contributed by atoms with Crippen molar-refractivity contribution < 1.29 is 19.7 Å². The van der Waals surface area contributed by atoms with Crippen LogP contribution in [0.1, 0.15) is 0 Å². The topological polar surface area (TPSA) is 92.8 Å². The van der Waals surface area contributed by atoms with Crippen LogP contribution in [0.3, 0.4) is 0 Å². The molecule has 0 rings (SSSR count). The number of nitrogens with two attached hydrogens (primary N) is 1. The molecule has 5 nitrogen and oxygen atoms in total. The number of esters is 1.